The average molecular weight is 220 g/mol. The molecule has 0 heterocycles. The molecule has 1 nitrogen and oxygen atoms in total. The Balaban J connectivity index is 2.06. The zero-order valence-electron chi connectivity index (χ0n) is 9.32. The Labute approximate surface area is 95.6 Å². The maximum atomic E-state index is 12.7. The number of allylic oxidation sites excluding steroid dienone is 1. The molecule has 2 heteroatoms. The second-order valence-electron chi connectivity index (χ2n) is 4.38. The Morgan fingerprint density at radius 2 is 1.69 bits per heavy atom. The molecule has 0 saturated heterocycles. The number of aliphatic hydroxyl groups is 1. The van der Waals surface area contributed by atoms with Crippen LogP contribution in [0.25, 0.3) is 0 Å². The largest absolute Gasteiger partial charge is 0.384 e. The first-order valence-electron chi connectivity index (χ1n) is 5.89. The van der Waals surface area contributed by atoms with Gasteiger partial charge in [0.15, 0.2) is 0 Å². The Morgan fingerprint density at radius 3 is 2.31 bits per heavy atom. The van der Waals surface area contributed by atoms with Gasteiger partial charge in [0.2, 0.25) is 0 Å². The normalized spacial score (nSPS) is 18.2. The van der Waals surface area contributed by atoms with Crippen molar-refractivity contribution < 1.29 is 9.50 Å². The van der Waals surface area contributed by atoms with Crippen molar-refractivity contribution in [2.75, 3.05) is 0 Å². The Kier molecular flexibility index (Phi) is 3.73. The number of aliphatic hydroxyl groups excluding tert-OH is 1. The molecular weight excluding hydrogens is 203 g/mol. The van der Waals surface area contributed by atoms with Gasteiger partial charge in [0.25, 0.3) is 0 Å². The van der Waals surface area contributed by atoms with Crippen molar-refractivity contribution in [3.8, 4) is 0 Å². The van der Waals surface area contributed by atoms with Gasteiger partial charge in [0.05, 0.1) is 6.10 Å². The van der Waals surface area contributed by atoms with Gasteiger partial charge in [-0.2, -0.15) is 0 Å². The van der Waals surface area contributed by atoms with Crippen LogP contribution in [-0.4, -0.2) is 5.11 Å². The molecule has 16 heavy (non-hydrogen) atoms. The van der Waals surface area contributed by atoms with Crippen LogP contribution in [0, 0.1) is 5.82 Å². The zero-order valence-corrected chi connectivity index (χ0v) is 9.32. The first-order chi connectivity index (χ1) is 7.75. The fourth-order valence-corrected chi connectivity index (χ4v) is 2.15. The lowest BCUT2D eigenvalue weighted by atomic mass is 9.93. The number of hydrogen-bond donors (Lipinski definition) is 1. The number of benzene rings is 1. The summed E-state index contributed by atoms with van der Waals surface area (Å²) in [5.41, 5.74) is 2.10. The van der Waals surface area contributed by atoms with Crippen molar-refractivity contribution in [2.45, 2.75) is 38.2 Å². The minimum Gasteiger partial charge on any atom is -0.384 e. The number of halogens is 1. The summed E-state index contributed by atoms with van der Waals surface area (Å²) in [6.45, 7) is 0. The third-order valence-electron chi connectivity index (χ3n) is 3.10. The summed E-state index contributed by atoms with van der Waals surface area (Å²) in [7, 11) is 0. The second-order valence-corrected chi connectivity index (χ2v) is 4.38. The van der Waals surface area contributed by atoms with Crippen LogP contribution in [-0.2, 0) is 0 Å². The summed E-state index contributed by atoms with van der Waals surface area (Å²) < 4.78 is 12.7. The van der Waals surface area contributed by atoms with E-state index >= 15 is 0 Å². The first-order valence-corrected chi connectivity index (χ1v) is 5.89. The molecule has 1 atom stereocenters. The average Bonchev–Trinajstić information content (AvgIpc) is 2.31. The second kappa shape index (κ2) is 5.26. The standard InChI is InChI=1S/C14H17FO/c15-13-8-6-12(7-9-13)14(16)10-11-4-2-1-3-5-11/h6-10,14,16H,1-5H2. The van der Waals surface area contributed by atoms with Gasteiger partial charge < -0.3 is 5.11 Å². The Hall–Kier alpha value is -1.15. The molecule has 1 unspecified atom stereocenters. The first kappa shape index (κ1) is 11.3. The van der Waals surface area contributed by atoms with E-state index < -0.39 is 6.10 Å². The predicted octanol–water partition coefficient (Wildman–Crippen LogP) is 3.75. The van der Waals surface area contributed by atoms with Crippen molar-refractivity contribution >= 4 is 0 Å². The van der Waals surface area contributed by atoms with Gasteiger partial charge in [0.1, 0.15) is 5.82 Å². The fourth-order valence-electron chi connectivity index (χ4n) is 2.15. The third-order valence-corrected chi connectivity index (χ3v) is 3.10. The van der Waals surface area contributed by atoms with Crippen molar-refractivity contribution in [2.24, 2.45) is 0 Å². The third kappa shape index (κ3) is 2.92. The molecule has 0 aliphatic heterocycles. The van der Waals surface area contributed by atoms with E-state index in [4.69, 9.17) is 0 Å². The lowest BCUT2D eigenvalue weighted by Crippen LogP contribution is -1.99. The molecule has 1 aliphatic rings. The highest BCUT2D eigenvalue weighted by molar-refractivity contribution is 5.23. The van der Waals surface area contributed by atoms with Crippen molar-refractivity contribution in [3.05, 3.63) is 47.3 Å². The lowest BCUT2D eigenvalue weighted by Gasteiger charge is -2.15. The summed E-state index contributed by atoms with van der Waals surface area (Å²) in [5, 5.41) is 9.96. The maximum absolute atomic E-state index is 12.7. The van der Waals surface area contributed by atoms with E-state index in [9.17, 15) is 9.50 Å². The molecule has 0 bridgehead atoms. The van der Waals surface area contributed by atoms with E-state index in [1.807, 2.05) is 6.08 Å². The SMILES string of the molecule is OC(C=C1CCCCC1)c1ccc(F)cc1. The van der Waals surface area contributed by atoms with Gasteiger partial charge in [-0.3, -0.25) is 0 Å². The molecule has 86 valence electrons. The monoisotopic (exact) mass is 220 g/mol. The molecule has 0 radical (unpaired) electrons. The van der Waals surface area contributed by atoms with E-state index in [0.717, 1.165) is 18.4 Å². The topological polar surface area (TPSA) is 20.2 Å². The molecule has 2 rings (SSSR count). The minimum absolute atomic E-state index is 0.263. The van der Waals surface area contributed by atoms with Crippen molar-refractivity contribution in [3.63, 3.8) is 0 Å². The molecular formula is C14H17FO. The molecule has 1 fully saturated rings. The van der Waals surface area contributed by atoms with E-state index in [1.165, 1.54) is 37.0 Å². The molecule has 1 aromatic rings. The smallest absolute Gasteiger partial charge is 0.123 e. The van der Waals surface area contributed by atoms with Crippen LogP contribution in [0.4, 0.5) is 4.39 Å². The van der Waals surface area contributed by atoms with Crippen molar-refractivity contribution in [1.29, 1.82) is 0 Å². The molecule has 1 aromatic carbocycles. The fraction of sp³-hybridized carbons (Fsp3) is 0.429. The quantitative estimate of drug-likeness (QED) is 0.752. The highest BCUT2D eigenvalue weighted by atomic mass is 19.1. The molecule has 1 saturated carbocycles. The summed E-state index contributed by atoms with van der Waals surface area (Å²) >= 11 is 0. The van der Waals surface area contributed by atoms with Gasteiger partial charge in [-0.25, -0.2) is 4.39 Å². The summed E-state index contributed by atoms with van der Waals surface area (Å²) in [5.74, 6) is -0.263. The van der Waals surface area contributed by atoms with Crippen LogP contribution >= 0.6 is 0 Å². The van der Waals surface area contributed by atoms with Crippen LogP contribution in [0.2, 0.25) is 0 Å². The van der Waals surface area contributed by atoms with Gasteiger partial charge in [0, 0.05) is 0 Å². The minimum atomic E-state index is -0.589. The lowest BCUT2D eigenvalue weighted by molar-refractivity contribution is 0.226. The summed E-state index contributed by atoms with van der Waals surface area (Å²) in [4.78, 5) is 0. The van der Waals surface area contributed by atoms with Gasteiger partial charge in [-0.15, -0.1) is 0 Å². The van der Waals surface area contributed by atoms with Gasteiger partial charge in [-0.05, 0) is 43.4 Å². The van der Waals surface area contributed by atoms with Crippen LogP contribution in [0.3, 0.4) is 0 Å². The van der Waals surface area contributed by atoms with Gasteiger partial charge in [-0.1, -0.05) is 30.2 Å². The van der Waals surface area contributed by atoms with Crippen LogP contribution in [0.5, 0.6) is 0 Å². The molecule has 0 spiro atoms. The number of hydrogen-bond acceptors (Lipinski definition) is 1. The molecule has 0 aromatic heterocycles. The zero-order chi connectivity index (χ0) is 11.4. The van der Waals surface area contributed by atoms with Crippen LogP contribution in [0.1, 0.15) is 43.8 Å². The highest BCUT2D eigenvalue weighted by Crippen LogP contribution is 2.26. The van der Waals surface area contributed by atoms with E-state index in [2.05, 4.69) is 0 Å². The Morgan fingerprint density at radius 1 is 1.06 bits per heavy atom. The number of rotatable bonds is 2. The Bertz CT molecular complexity index is 359. The van der Waals surface area contributed by atoms with Crippen LogP contribution in [0.15, 0.2) is 35.9 Å². The van der Waals surface area contributed by atoms with Crippen LogP contribution < -0.4 is 0 Å². The maximum Gasteiger partial charge on any atom is 0.123 e. The predicted molar refractivity (Wildman–Crippen MR) is 62.5 cm³/mol. The van der Waals surface area contributed by atoms with E-state index in [-0.39, 0.29) is 5.82 Å². The van der Waals surface area contributed by atoms with Crippen molar-refractivity contribution in [1.82, 2.24) is 0 Å². The highest BCUT2D eigenvalue weighted by Gasteiger charge is 2.09. The summed E-state index contributed by atoms with van der Waals surface area (Å²) in [6.07, 6.45) is 7.27. The molecule has 1 N–H and O–H groups in total. The van der Waals surface area contributed by atoms with E-state index in [1.54, 1.807) is 12.1 Å². The molecule has 0 amide bonds. The van der Waals surface area contributed by atoms with Gasteiger partial charge >= 0.3 is 0 Å². The molecule has 1 aliphatic carbocycles. The summed E-state index contributed by atoms with van der Waals surface area (Å²) in [6, 6.07) is 6.05. The van der Waals surface area contributed by atoms with E-state index in [0.29, 0.717) is 0 Å².